The molecule has 4 rings (SSSR count). The molecule has 0 saturated heterocycles. The van der Waals surface area contributed by atoms with Crippen LogP contribution in [0.15, 0.2) is 79.0 Å². The zero-order valence-corrected chi connectivity index (χ0v) is 21.6. The lowest BCUT2D eigenvalue weighted by molar-refractivity contribution is -0.136. The van der Waals surface area contributed by atoms with E-state index in [0.29, 0.717) is 22.9 Å². The Balaban J connectivity index is 1.52. The molecule has 4 aromatic rings. The average Bonchev–Trinajstić information content (AvgIpc) is 3.39. The van der Waals surface area contributed by atoms with Gasteiger partial charge in [-0.1, -0.05) is 48.0 Å². The summed E-state index contributed by atoms with van der Waals surface area (Å²) >= 11 is 0. The first-order chi connectivity index (χ1) is 18.4. The third kappa shape index (κ3) is 5.92. The number of Topliss-reactive ketones (excluding diaryl/α,β-unsaturated/α-hetero) is 1. The Morgan fingerprint density at radius 3 is 2.16 bits per heavy atom. The van der Waals surface area contributed by atoms with Gasteiger partial charge in [0.25, 0.3) is 0 Å². The third-order valence-electron chi connectivity index (χ3n) is 5.82. The highest BCUT2D eigenvalue weighted by Gasteiger charge is 2.18. The molecule has 0 bridgehead atoms. The fraction of sp³-hybridized carbons (Fsp3) is 0.167. The molecule has 0 unspecified atom stereocenters. The summed E-state index contributed by atoms with van der Waals surface area (Å²) < 4.78 is 22.8. The van der Waals surface area contributed by atoms with Crippen molar-refractivity contribution < 1.29 is 28.5 Å². The predicted molar refractivity (Wildman–Crippen MR) is 144 cm³/mol. The van der Waals surface area contributed by atoms with Crippen molar-refractivity contribution in [3.8, 4) is 34.2 Å². The topological polar surface area (TPSA) is 88.9 Å². The van der Waals surface area contributed by atoms with E-state index >= 15 is 0 Å². The van der Waals surface area contributed by atoms with Crippen molar-refractivity contribution in [1.82, 2.24) is 9.78 Å². The second-order valence-electron chi connectivity index (χ2n) is 8.36. The molecule has 194 valence electrons. The van der Waals surface area contributed by atoms with Crippen LogP contribution in [0.25, 0.3) is 23.0 Å². The van der Waals surface area contributed by atoms with Crippen molar-refractivity contribution in [3.05, 3.63) is 95.7 Å². The number of nitrogens with zero attached hydrogens (tertiary/aromatic N) is 2. The number of esters is 1. The number of hydrogen-bond donors (Lipinski definition) is 0. The molecular formula is C30H28N2O6. The molecule has 0 aliphatic heterocycles. The molecule has 0 aliphatic rings. The SMILES string of the molecule is COc1cc(C(=O)COC(=O)C=Cc2cn(-c3ccccc3)nc2-c2ccc(C)cc2)cc(OC)c1OC. The lowest BCUT2D eigenvalue weighted by atomic mass is 10.1. The average molecular weight is 513 g/mol. The maximum atomic E-state index is 12.7. The van der Waals surface area contributed by atoms with E-state index in [0.717, 1.165) is 22.4 Å². The van der Waals surface area contributed by atoms with Crippen molar-refractivity contribution in [1.29, 1.82) is 0 Å². The van der Waals surface area contributed by atoms with E-state index in [2.05, 4.69) is 0 Å². The number of methoxy groups -OCH3 is 3. The van der Waals surface area contributed by atoms with Gasteiger partial charge in [-0.15, -0.1) is 0 Å². The monoisotopic (exact) mass is 512 g/mol. The fourth-order valence-electron chi connectivity index (χ4n) is 3.83. The van der Waals surface area contributed by atoms with Crippen molar-refractivity contribution in [2.45, 2.75) is 6.92 Å². The van der Waals surface area contributed by atoms with Crippen molar-refractivity contribution in [2.24, 2.45) is 0 Å². The molecule has 0 atom stereocenters. The summed E-state index contributed by atoms with van der Waals surface area (Å²) in [7, 11) is 4.39. The molecule has 0 spiro atoms. The van der Waals surface area contributed by atoms with Gasteiger partial charge in [0.15, 0.2) is 18.1 Å². The zero-order valence-electron chi connectivity index (χ0n) is 21.6. The number of benzene rings is 3. The first-order valence-corrected chi connectivity index (χ1v) is 11.8. The smallest absolute Gasteiger partial charge is 0.331 e. The van der Waals surface area contributed by atoms with Crippen LogP contribution < -0.4 is 14.2 Å². The molecule has 8 nitrogen and oxygen atoms in total. The number of rotatable bonds is 10. The number of ketones is 1. The van der Waals surface area contributed by atoms with Crippen LogP contribution in [-0.2, 0) is 9.53 Å². The maximum absolute atomic E-state index is 12.7. The Labute approximate surface area is 221 Å². The van der Waals surface area contributed by atoms with E-state index in [1.807, 2.05) is 67.7 Å². The van der Waals surface area contributed by atoms with Crippen LogP contribution in [-0.4, -0.2) is 49.5 Å². The number of carbonyl (C=O) groups excluding carboxylic acids is 2. The molecule has 38 heavy (non-hydrogen) atoms. The predicted octanol–water partition coefficient (Wildman–Crippen LogP) is 5.31. The summed E-state index contributed by atoms with van der Waals surface area (Å²) in [6.45, 7) is 1.57. The summed E-state index contributed by atoms with van der Waals surface area (Å²) in [6.07, 6.45) is 4.76. The fourth-order valence-corrected chi connectivity index (χ4v) is 3.83. The van der Waals surface area contributed by atoms with Crippen LogP contribution in [0.2, 0.25) is 0 Å². The van der Waals surface area contributed by atoms with Gasteiger partial charge < -0.3 is 18.9 Å². The summed E-state index contributed by atoms with van der Waals surface area (Å²) in [5, 5.41) is 4.74. The van der Waals surface area contributed by atoms with Crippen LogP contribution in [0, 0.1) is 6.92 Å². The van der Waals surface area contributed by atoms with Gasteiger partial charge in [0, 0.05) is 29.0 Å². The summed E-state index contributed by atoms with van der Waals surface area (Å²) in [5.41, 5.74) is 4.64. The minimum Gasteiger partial charge on any atom is -0.493 e. The zero-order chi connectivity index (χ0) is 27.1. The highest BCUT2D eigenvalue weighted by atomic mass is 16.5. The van der Waals surface area contributed by atoms with Gasteiger partial charge in [-0.3, -0.25) is 4.79 Å². The van der Waals surface area contributed by atoms with Crippen LogP contribution in [0.1, 0.15) is 21.5 Å². The highest BCUT2D eigenvalue weighted by molar-refractivity contribution is 6.00. The van der Waals surface area contributed by atoms with Gasteiger partial charge in [0.2, 0.25) is 11.5 Å². The van der Waals surface area contributed by atoms with E-state index in [1.165, 1.54) is 39.5 Å². The van der Waals surface area contributed by atoms with Crippen molar-refractivity contribution in [3.63, 3.8) is 0 Å². The summed E-state index contributed by atoms with van der Waals surface area (Å²) in [4.78, 5) is 25.2. The second-order valence-corrected chi connectivity index (χ2v) is 8.36. The molecule has 0 saturated carbocycles. The number of aryl methyl sites for hydroxylation is 1. The normalized spacial score (nSPS) is 10.8. The van der Waals surface area contributed by atoms with E-state index in [4.69, 9.17) is 24.0 Å². The van der Waals surface area contributed by atoms with Gasteiger partial charge in [-0.05, 0) is 37.3 Å². The minimum absolute atomic E-state index is 0.266. The number of hydrogen-bond acceptors (Lipinski definition) is 7. The molecule has 0 amide bonds. The van der Waals surface area contributed by atoms with Crippen LogP contribution in [0.4, 0.5) is 0 Å². The Morgan fingerprint density at radius 2 is 1.55 bits per heavy atom. The molecule has 1 heterocycles. The molecule has 1 aromatic heterocycles. The lowest BCUT2D eigenvalue weighted by Crippen LogP contribution is -2.13. The Hall–Kier alpha value is -4.85. The summed E-state index contributed by atoms with van der Waals surface area (Å²) in [5.74, 6) is -0.0377. The minimum atomic E-state index is -0.659. The van der Waals surface area contributed by atoms with Gasteiger partial charge in [-0.2, -0.15) is 5.10 Å². The molecule has 0 radical (unpaired) electrons. The van der Waals surface area contributed by atoms with E-state index in [-0.39, 0.29) is 5.56 Å². The van der Waals surface area contributed by atoms with Crippen LogP contribution in [0.5, 0.6) is 17.2 Å². The molecule has 8 heteroatoms. The van der Waals surface area contributed by atoms with Gasteiger partial charge >= 0.3 is 5.97 Å². The Morgan fingerprint density at radius 1 is 0.895 bits per heavy atom. The Kier molecular flexibility index (Phi) is 8.23. The maximum Gasteiger partial charge on any atom is 0.331 e. The second kappa shape index (κ2) is 11.9. The largest absolute Gasteiger partial charge is 0.493 e. The number of carbonyl (C=O) groups is 2. The van der Waals surface area contributed by atoms with E-state index in [1.54, 1.807) is 10.8 Å². The van der Waals surface area contributed by atoms with Gasteiger partial charge in [0.1, 0.15) is 0 Å². The van der Waals surface area contributed by atoms with E-state index < -0.39 is 18.4 Å². The van der Waals surface area contributed by atoms with Gasteiger partial charge in [0.05, 0.1) is 32.7 Å². The standard InChI is InChI=1S/C30H28N2O6/c1-20-10-12-21(13-11-20)29-22(18-32(31-29)24-8-6-5-7-9-24)14-15-28(34)38-19-25(33)23-16-26(35-2)30(37-4)27(17-23)36-3/h5-18H,19H2,1-4H3. The van der Waals surface area contributed by atoms with Crippen molar-refractivity contribution >= 4 is 17.8 Å². The number of para-hydroxylation sites is 1. The van der Waals surface area contributed by atoms with E-state index in [9.17, 15) is 9.59 Å². The first kappa shape index (κ1) is 26.2. The molecular weight excluding hydrogens is 484 g/mol. The molecule has 0 fully saturated rings. The summed E-state index contributed by atoms with van der Waals surface area (Å²) in [6, 6.07) is 20.7. The molecule has 0 N–H and O–H groups in total. The molecule has 3 aromatic carbocycles. The van der Waals surface area contributed by atoms with Crippen LogP contribution >= 0.6 is 0 Å². The molecule has 0 aliphatic carbocycles. The Bertz CT molecular complexity index is 1430. The van der Waals surface area contributed by atoms with Crippen molar-refractivity contribution in [2.75, 3.05) is 27.9 Å². The number of ether oxygens (including phenoxy) is 4. The van der Waals surface area contributed by atoms with Crippen LogP contribution in [0.3, 0.4) is 0 Å². The highest BCUT2D eigenvalue weighted by Crippen LogP contribution is 2.38. The third-order valence-corrected chi connectivity index (χ3v) is 5.82. The quantitative estimate of drug-likeness (QED) is 0.162. The van der Waals surface area contributed by atoms with Gasteiger partial charge in [-0.25, -0.2) is 9.48 Å². The number of aromatic nitrogens is 2. The lowest BCUT2D eigenvalue weighted by Gasteiger charge is -2.13. The first-order valence-electron chi connectivity index (χ1n) is 11.8.